The molecule has 0 atom stereocenters. The summed E-state index contributed by atoms with van der Waals surface area (Å²) in [6, 6.07) is 6.27. The Morgan fingerprint density at radius 3 is 2.82 bits per heavy atom. The van der Waals surface area contributed by atoms with Gasteiger partial charge < -0.3 is 15.2 Å². The van der Waals surface area contributed by atoms with Crippen LogP contribution in [0.4, 0.5) is 0 Å². The third kappa shape index (κ3) is 3.72. The summed E-state index contributed by atoms with van der Waals surface area (Å²) in [6.07, 6.45) is 3.52. The van der Waals surface area contributed by atoms with E-state index in [0.717, 1.165) is 30.3 Å². The zero-order valence-electron chi connectivity index (χ0n) is 10.4. The van der Waals surface area contributed by atoms with Crippen molar-refractivity contribution in [2.24, 2.45) is 11.7 Å². The first kappa shape index (κ1) is 12.4. The third-order valence-corrected chi connectivity index (χ3v) is 3.03. The molecule has 0 saturated heterocycles. The van der Waals surface area contributed by atoms with E-state index in [-0.39, 0.29) is 0 Å². The van der Waals surface area contributed by atoms with E-state index in [9.17, 15) is 0 Å². The zero-order valence-corrected chi connectivity index (χ0v) is 10.4. The normalized spacial score (nSPS) is 14.9. The maximum Gasteiger partial charge on any atom is 0.124 e. The lowest BCUT2D eigenvalue weighted by Gasteiger charge is -2.12. The highest BCUT2D eigenvalue weighted by Crippen LogP contribution is 2.30. The van der Waals surface area contributed by atoms with Crippen molar-refractivity contribution in [1.82, 2.24) is 0 Å². The van der Waals surface area contributed by atoms with E-state index in [0.29, 0.717) is 13.2 Å². The van der Waals surface area contributed by atoms with Gasteiger partial charge in [0.1, 0.15) is 5.75 Å². The average molecular weight is 235 g/mol. The number of hydrogen-bond donors (Lipinski definition) is 1. The second-order valence-electron chi connectivity index (χ2n) is 4.67. The van der Waals surface area contributed by atoms with Gasteiger partial charge in [0.2, 0.25) is 0 Å². The third-order valence-electron chi connectivity index (χ3n) is 3.03. The van der Waals surface area contributed by atoms with Crippen LogP contribution in [0.3, 0.4) is 0 Å². The largest absolute Gasteiger partial charge is 0.493 e. The molecule has 1 fully saturated rings. The molecular weight excluding hydrogens is 214 g/mol. The van der Waals surface area contributed by atoms with Gasteiger partial charge in [-0.25, -0.2) is 0 Å². The van der Waals surface area contributed by atoms with Gasteiger partial charge in [-0.1, -0.05) is 6.07 Å². The Morgan fingerprint density at radius 1 is 1.35 bits per heavy atom. The molecule has 0 amide bonds. The number of benzene rings is 1. The van der Waals surface area contributed by atoms with Crippen LogP contribution in [0.15, 0.2) is 18.2 Å². The van der Waals surface area contributed by atoms with E-state index >= 15 is 0 Å². The smallest absolute Gasteiger partial charge is 0.124 e. The van der Waals surface area contributed by atoms with Gasteiger partial charge in [0.25, 0.3) is 0 Å². The molecule has 1 aliphatic carbocycles. The van der Waals surface area contributed by atoms with Crippen molar-refractivity contribution in [3.63, 3.8) is 0 Å². The first-order chi connectivity index (χ1) is 8.33. The van der Waals surface area contributed by atoms with Gasteiger partial charge in [0.05, 0.1) is 13.2 Å². The molecule has 0 aromatic heterocycles. The first-order valence-electron chi connectivity index (χ1n) is 6.27. The number of methoxy groups -OCH3 is 1. The summed E-state index contributed by atoms with van der Waals surface area (Å²) < 4.78 is 11.0. The number of nitrogens with two attached hydrogens (primary N) is 1. The van der Waals surface area contributed by atoms with E-state index < -0.39 is 0 Å². The molecule has 0 bridgehead atoms. The molecule has 0 radical (unpaired) electrons. The van der Waals surface area contributed by atoms with Crippen LogP contribution in [0, 0.1) is 5.92 Å². The van der Waals surface area contributed by atoms with Crippen LogP contribution in [0.25, 0.3) is 0 Å². The minimum absolute atomic E-state index is 0.596. The first-order valence-corrected chi connectivity index (χ1v) is 6.27. The lowest BCUT2D eigenvalue weighted by atomic mass is 10.1. The predicted molar refractivity (Wildman–Crippen MR) is 68.1 cm³/mol. The van der Waals surface area contributed by atoms with E-state index in [1.54, 1.807) is 7.11 Å². The maximum absolute atomic E-state index is 5.84. The Hall–Kier alpha value is -1.06. The molecule has 0 heterocycles. The van der Waals surface area contributed by atoms with Crippen molar-refractivity contribution in [3.05, 3.63) is 29.3 Å². The van der Waals surface area contributed by atoms with Gasteiger partial charge in [0.15, 0.2) is 0 Å². The SMILES string of the molecule is COCc1cc(CCN)ccc1OCC1CC1. The summed E-state index contributed by atoms with van der Waals surface area (Å²) in [7, 11) is 1.71. The van der Waals surface area contributed by atoms with Gasteiger partial charge in [-0.3, -0.25) is 0 Å². The van der Waals surface area contributed by atoms with Crippen molar-refractivity contribution in [1.29, 1.82) is 0 Å². The molecule has 1 saturated carbocycles. The molecule has 94 valence electrons. The van der Waals surface area contributed by atoms with Gasteiger partial charge in [-0.15, -0.1) is 0 Å². The van der Waals surface area contributed by atoms with Crippen molar-refractivity contribution in [2.75, 3.05) is 20.3 Å². The monoisotopic (exact) mass is 235 g/mol. The van der Waals surface area contributed by atoms with E-state index in [1.807, 2.05) is 6.07 Å². The predicted octanol–water partition coefficient (Wildman–Crippen LogP) is 2.12. The highest BCUT2D eigenvalue weighted by Gasteiger charge is 2.22. The molecule has 3 nitrogen and oxygen atoms in total. The van der Waals surface area contributed by atoms with Gasteiger partial charge in [-0.2, -0.15) is 0 Å². The van der Waals surface area contributed by atoms with Crippen LogP contribution in [0.2, 0.25) is 0 Å². The second kappa shape index (κ2) is 6.03. The molecule has 2 N–H and O–H groups in total. The van der Waals surface area contributed by atoms with Crippen molar-refractivity contribution >= 4 is 0 Å². The molecule has 0 spiro atoms. The average Bonchev–Trinajstić information content (AvgIpc) is 3.13. The Morgan fingerprint density at radius 2 is 2.18 bits per heavy atom. The molecular formula is C14H21NO2. The van der Waals surface area contributed by atoms with Crippen LogP contribution in [0.1, 0.15) is 24.0 Å². The number of rotatable bonds is 7. The summed E-state index contributed by atoms with van der Waals surface area (Å²) in [5.74, 6) is 1.73. The quantitative estimate of drug-likeness (QED) is 0.787. The highest BCUT2D eigenvalue weighted by molar-refractivity contribution is 5.37. The van der Waals surface area contributed by atoms with Crippen molar-refractivity contribution in [3.8, 4) is 5.75 Å². The summed E-state index contributed by atoms with van der Waals surface area (Å²) in [6.45, 7) is 2.11. The fourth-order valence-electron chi connectivity index (χ4n) is 1.86. The number of ether oxygens (including phenoxy) is 2. The lowest BCUT2D eigenvalue weighted by molar-refractivity contribution is 0.179. The van der Waals surface area contributed by atoms with Gasteiger partial charge in [0, 0.05) is 12.7 Å². The Bertz CT molecular complexity index is 361. The molecule has 2 rings (SSSR count). The molecule has 0 aliphatic heterocycles. The minimum Gasteiger partial charge on any atom is -0.493 e. The fourth-order valence-corrected chi connectivity index (χ4v) is 1.86. The Labute approximate surface area is 103 Å². The van der Waals surface area contributed by atoms with Crippen molar-refractivity contribution in [2.45, 2.75) is 25.9 Å². The van der Waals surface area contributed by atoms with Crippen LogP contribution >= 0.6 is 0 Å². The Kier molecular flexibility index (Phi) is 4.40. The standard InChI is InChI=1S/C14H21NO2/c1-16-10-13-8-11(6-7-15)4-5-14(13)17-9-12-2-3-12/h4-5,8,12H,2-3,6-7,9-10,15H2,1H3. The number of hydrogen-bond acceptors (Lipinski definition) is 3. The molecule has 3 heteroatoms. The van der Waals surface area contributed by atoms with E-state index in [1.165, 1.54) is 18.4 Å². The highest BCUT2D eigenvalue weighted by atomic mass is 16.5. The molecule has 0 unspecified atom stereocenters. The second-order valence-corrected chi connectivity index (χ2v) is 4.67. The minimum atomic E-state index is 0.596. The van der Waals surface area contributed by atoms with Crippen LogP contribution in [-0.2, 0) is 17.8 Å². The molecule has 1 aliphatic rings. The molecule has 1 aromatic carbocycles. The lowest BCUT2D eigenvalue weighted by Crippen LogP contribution is -2.06. The van der Waals surface area contributed by atoms with Crippen LogP contribution in [0.5, 0.6) is 5.75 Å². The van der Waals surface area contributed by atoms with Crippen LogP contribution < -0.4 is 10.5 Å². The fraction of sp³-hybridized carbons (Fsp3) is 0.571. The zero-order chi connectivity index (χ0) is 12.1. The molecule has 1 aromatic rings. The Balaban J connectivity index is 2.05. The van der Waals surface area contributed by atoms with E-state index in [2.05, 4.69) is 12.1 Å². The molecule has 17 heavy (non-hydrogen) atoms. The summed E-state index contributed by atoms with van der Waals surface area (Å²) in [5, 5.41) is 0. The van der Waals surface area contributed by atoms with Gasteiger partial charge >= 0.3 is 0 Å². The van der Waals surface area contributed by atoms with Gasteiger partial charge in [-0.05, 0) is 49.4 Å². The topological polar surface area (TPSA) is 44.5 Å². The summed E-state index contributed by atoms with van der Waals surface area (Å²) >= 11 is 0. The van der Waals surface area contributed by atoms with E-state index in [4.69, 9.17) is 15.2 Å². The van der Waals surface area contributed by atoms with Crippen LogP contribution in [-0.4, -0.2) is 20.3 Å². The summed E-state index contributed by atoms with van der Waals surface area (Å²) in [5.41, 5.74) is 7.94. The van der Waals surface area contributed by atoms with Crippen molar-refractivity contribution < 1.29 is 9.47 Å². The maximum atomic E-state index is 5.84. The summed E-state index contributed by atoms with van der Waals surface area (Å²) in [4.78, 5) is 0.